The Labute approximate surface area is 155 Å². The molecule has 138 valence electrons. The van der Waals surface area contributed by atoms with Crippen LogP contribution in [0.5, 0.6) is 5.75 Å². The Morgan fingerprint density at radius 2 is 1.85 bits per heavy atom. The van der Waals surface area contributed by atoms with E-state index in [4.69, 9.17) is 9.47 Å². The van der Waals surface area contributed by atoms with E-state index in [1.165, 1.54) is 5.56 Å². The Bertz CT molecular complexity index is 684. The smallest absolute Gasteiger partial charge is 0.248 e. The third-order valence-corrected chi connectivity index (χ3v) is 4.95. The topological polar surface area (TPSA) is 38.8 Å². The van der Waals surface area contributed by atoms with Gasteiger partial charge in [0.05, 0.1) is 13.7 Å². The van der Waals surface area contributed by atoms with Gasteiger partial charge in [-0.2, -0.15) is 0 Å². The number of methoxy groups -OCH3 is 1. The van der Waals surface area contributed by atoms with Crippen molar-refractivity contribution in [3.8, 4) is 5.75 Å². The monoisotopic (exact) mass is 353 g/mol. The predicted molar refractivity (Wildman–Crippen MR) is 102 cm³/mol. The maximum absolute atomic E-state index is 12.6. The van der Waals surface area contributed by atoms with E-state index in [0.717, 1.165) is 43.7 Å². The van der Waals surface area contributed by atoms with Crippen LogP contribution < -0.4 is 4.74 Å². The fraction of sp³-hybridized carbons (Fsp3) is 0.409. The molecule has 1 saturated heterocycles. The van der Waals surface area contributed by atoms with Gasteiger partial charge in [0.2, 0.25) is 5.91 Å². The van der Waals surface area contributed by atoms with E-state index in [0.29, 0.717) is 12.5 Å². The molecule has 0 saturated carbocycles. The molecule has 0 N–H and O–H groups in total. The molecule has 1 heterocycles. The number of carbonyl (C=O) groups is 1. The van der Waals surface area contributed by atoms with Crippen LogP contribution in [0.15, 0.2) is 54.6 Å². The molecule has 3 rings (SSSR count). The average molecular weight is 353 g/mol. The molecular weight excluding hydrogens is 326 g/mol. The first kappa shape index (κ1) is 18.5. The van der Waals surface area contributed by atoms with Crippen LogP contribution in [-0.4, -0.2) is 37.6 Å². The van der Waals surface area contributed by atoms with E-state index in [2.05, 4.69) is 12.1 Å². The van der Waals surface area contributed by atoms with Gasteiger partial charge in [0.15, 0.2) is 0 Å². The molecular formula is C22H27NO3. The summed E-state index contributed by atoms with van der Waals surface area (Å²) in [5, 5.41) is 0. The van der Waals surface area contributed by atoms with Gasteiger partial charge in [0.25, 0.3) is 0 Å². The Morgan fingerprint density at radius 3 is 2.58 bits per heavy atom. The van der Waals surface area contributed by atoms with Gasteiger partial charge in [-0.05, 0) is 36.1 Å². The van der Waals surface area contributed by atoms with Gasteiger partial charge in [0, 0.05) is 19.0 Å². The van der Waals surface area contributed by atoms with Gasteiger partial charge in [-0.3, -0.25) is 4.79 Å². The number of hydrogen-bond acceptors (Lipinski definition) is 3. The summed E-state index contributed by atoms with van der Waals surface area (Å²) in [7, 11) is 1.68. The zero-order chi connectivity index (χ0) is 18.2. The molecule has 1 fully saturated rings. The van der Waals surface area contributed by atoms with Crippen LogP contribution >= 0.6 is 0 Å². The lowest BCUT2D eigenvalue weighted by atomic mass is 9.94. The second-order valence-corrected chi connectivity index (χ2v) is 6.78. The van der Waals surface area contributed by atoms with Crippen LogP contribution in [0.4, 0.5) is 0 Å². The number of hydrogen-bond donors (Lipinski definition) is 0. The van der Waals surface area contributed by atoms with Crippen molar-refractivity contribution >= 4 is 5.91 Å². The summed E-state index contributed by atoms with van der Waals surface area (Å²) in [4.78, 5) is 14.6. The third-order valence-electron chi connectivity index (χ3n) is 4.95. The van der Waals surface area contributed by atoms with Crippen molar-refractivity contribution < 1.29 is 14.3 Å². The van der Waals surface area contributed by atoms with Crippen LogP contribution in [0.1, 0.15) is 36.3 Å². The summed E-state index contributed by atoms with van der Waals surface area (Å²) in [5.41, 5.74) is 2.36. The molecule has 2 aromatic carbocycles. The number of likely N-dealkylation sites (tertiary alicyclic amines) is 1. The van der Waals surface area contributed by atoms with Crippen LogP contribution in [0.25, 0.3) is 0 Å². The highest BCUT2D eigenvalue weighted by Crippen LogP contribution is 2.28. The summed E-state index contributed by atoms with van der Waals surface area (Å²) in [6.45, 7) is 2.20. The normalized spacial score (nSPS) is 17.6. The van der Waals surface area contributed by atoms with Crippen LogP contribution in [0.3, 0.4) is 0 Å². The highest BCUT2D eigenvalue weighted by Gasteiger charge is 2.23. The number of rotatable bonds is 6. The number of ether oxygens (including phenoxy) is 2. The minimum Gasteiger partial charge on any atom is -0.497 e. The predicted octanol–water partition coefficient (Wildman–Crippen LogP) is 4.01. The summed E-state index contributed by atoms with van der Waals surface area (Å²) < 4.78 is 10.9. The highest BCUT2D eigenvalue weighted by molar-refractivity contribution is 5.77. The third kappa shape index (κ3) is 5.09. The van der Waals surface area contributed by atoms with E-state index in [1.54, 1.807) is 7.11 Å². The molecule has 1 aliphatic rings. The Kier molecular flexibility index (Phi) is 6.67. The second kappa shape index (κ2) is 9.39. The van der Waals surface area contributed by atoms with Crippen molar-refractivity contribution in [2.45, 2.75) is 31.8 Å². The quantitative estimate of drug-likeness (QED) is 0.788. The number of carbonyl (C=O) groups excluding carboxylic acids is 1. The SMILES string of the molecule is COc1ccc([C@@H]2CCCCN(C(=O)COCc3ccccc3)C2)cc1. The first-order valence-electron chi connectivity index (χ1n) is 9.29. The lowest BCUT2D eigenvalue weighted by Gasteiger charge is -2.25. The molecule has 0 aromatic heterocycles. The summed E-state index contributed by atoms with van der Waals surface area (Å²) in [6, 6.07) is 18.2. The van der Waals surface area contributed by atoms with Crippen molar-refractivity contribution in [1.29, 1.82) is 0 Å². The minimum absolute atomic E-state index is 0.0846. The fourth-order valence-electron chi connectivity index (χ4n) is 3.44. The van der Waals surface area contributed by atoms with E-state index in [9.17, 15) is 4.79 Å². The molecule has 1 atom stereocenters. The van der Waals surface area contributed by atoms with Crippen molar-refractivity contribution in [3.63, 3.8) is 0 Å². The zero-order valence-electron chi connectivity index (χ0n) is 15.4. The van der Waals surface area contributed by atoms with Crippen LogP contribution in [0.2, 0.25) is 0 Å². The Morgan fingerprint density at radius 1 is 1.08 bits per heavy atom. The molecule has 0 unspecified atom stereocenters. The number of benzene rings is 2. The van der Waals surface area contributed by atoms with E-state index >= 15 is 0 Å². The van der Waals surface area contributed by atoms with Gasteiger partial charge in [-0.25, -0.2) is 0 Å². The van der Waals surface area contributed by atoms with Gasteiger partial charge in [-0.15, -0.1) is 0 Å². The lowest BCUT2D eigenvalue weighted by Crippen LogP contribution is -2.36. The molecule has 0 spiro atoms. The van der Waals surface area contributed by atoms with E-state index < -0.39 is 0 Å². The Hall–Kier alpha value is -2.33. The van der Waals surface area contributed by atoms with Crippen LogP contribution in [-0.2, 0) is 16.1 Å². The van der Waals surface area contributed by atoms with E-state index in [1.807, 2.05) is 47.4 Å². The second-order valence-electron chi connectivity index (χ2n) is 6.78. The molecule has 4 nitrogen and oxygen atoms in total. The van der Waals surface area contributed by atoms with Crippen molar-refractivity contribution in [1.82, 2.24) is 4.90 Å². The van der Waals surface area contributed by atoms with E-state index in [-0.39, 0.29) is 12.5 Å². The molecule has 26 heavy (non-hydrogen) atoms. The number of nitrogens with zero attached hydrogens (tertiary/aromatic N) is 1. The van der Waals surface area contributed by atoms with Crippen LogP contribution in [0, 0.1) is 0 Å². The first-order valence-corrected chi connectivity index (χ1v) is 9.29. The fourth-order valence-corrected chi connectivity index (χ4v) is 3.44. The first-order chi connectivity index (χ1) is 12.8. The lowest BCUT2D eigenvalue weighted by molar-refractivity contribution is -0.136. The molecule has 2 aromatic rings. The van der Waals surface area contributed by atoms with Gasteiger partial charge < -0.3 is 14.4 Å². The van der Waals surface area contributed by atoms with Gasteiger partial charge >= 0.3 is 0 Å². The summed E-state index contributed by atoms with van der Waals surface area (Å²) in [5.74, 6) is 1.33. The molecule has 1 aliphatic heterocycles. The molecule has 4 heteroatoms. The minimum atomic E-state index is 0.0846. The van der Waals surface area contributed by atoms with Crippen molar-refractivity contribution in [2.75, 3.05) is 26.8 Å². The maximum atomic E-state index is 12.6. The summed E-state index contributed by atoms with van der Waals surface area (Å²) in [6.07, 6.45) is 3.31. The van der Waals surface area contributed by atoms with Crippen molar-refractivity contribution in [2.24, 2.45) is 0 Å². The van der Waals surface area contributed by atoms with Crippen molar-refractivity contribution in [3.05, 3.63) is 65.7 Å². The Balaban J connectivity index is 1.55. The van der Waals surface area contributed by atoms with Gasteiger partial charge in [0.1, 0.15) is 12.4 Å². The molecule has 0 bridgehead atoms. The average Bonchev–Trinajstić information content (AvgIpc) is 2.95. The largest absolute Gasteiger partial charge is 0.497 e. The van der Waals surface area contributed by atoms with Gasteiger partial charge in [-0.1, -0.05) is 48.9 Å². The highest BCUT2D eigenvalue weighted by atomic mass is 16.5. The summed E-state index contributed by atoms with van der Waals surface area (Å²) >= 11 is 0. The molecule has 0 radical (unpaired) electrons. The zero-order valence-corrected chi connectivity index (χ0v) is 15.4. The molecule has 0 aliphatic carbocycles. The number of amides is 1. The maximum Gasteiger partial charge on any atom is 0.248 e. The standard InChI is InChI=1S/C22H27NO3/c1-25-21-12-10-19(11-13-21)20-9-5-6-14-23(15-20)22(24)17-26-16-18-7-3-2-4-8-18/h2-4,7-8,10-13,20H,5-6,9,14-17H2,1H3/t20-/m1/s1. The molecule has 1 amide bonds.